The molecule has 0 saturated heterocycles. The summed E-state index contributed by atoms with van der Waals surface area (Å²) in [6.45, 7) is 3.29. The zero-order valence-electron chi connectivity index (χ0n) is 22.5. The Bertz CT molecular complexity index is 1330. The number of aryl methyl sites for hydroxylation is 1. The van der Waals surface area contributed by atoms with Gasteiger partial charge in [-0.1, -0.05) is 36.4 Å². The molecular formula is C31H35N5O2. The Morgan fingerprint density at radius 2 is 1.68 bits per heavy atom. The lowest BCUT2D eigenvalue weighted by atomic mass is 10.0. The molecule has 0 aliphatic rings. The maximum Gasteiger partial charge on any atom is 0.247 e. The standard InChI is InChI=1S/C31H35N5O2/c1-23-18-25(13-15-32-23)26-20-27(22-28(21-26)38-17-16-35(2)3)34-31(37)29(19-24-10-6-5-7-11-24)36(4)30-12-8-9-14-33-30/h5-15,18,20-22,29H,16-17,19H2,1-4H3,(H,34,37)/t29-/m0/s1. The van der Waals surface area contributed by atoms with Gasteiger partial charge in [-0.3, -0.25) is 9.78 Å². The predicted molar refractivity (Wildman–Crippen MR) is 154 cm³/mol. The second-order valence-corrected chi connectivity index (χ2v) is 9.58. The summed E-state index contributed by atoms with van der Waals surface area (Å²) < 4.78 is 6.08. The van der Waals surface area contributed by atoms with Gasteiger partial charge in [-0.25, -0.2) is 4.98 Å². The number of hydrogen-bond donors (Lipinski definition) is 1. The summed E-state index contributed by atoms with van der Waals surface area (Å²) >= 11 is 0. The van der Waals surface area contributed by atoms with Crippen LogP contribution in [0.2, 0.25) is 0 Å². The van der Waals surface area contributed by atoms with E-state index in [1.807, 2.05) is 112 Å². The Morgan fingerprint density at radius 1 is 0.895 bits per heavy atom. The molecule has 1 N–H and O–H groups in total. The minimum atomic E-state index is -0.475. The molecule has 0 unspecified atom stereocenters. The number of carbonyl (C=O) groups is 1. The van der Waals surface area contributed by atoms with Crippen LogP contribution in [-0.2, 0) is 11.2 Å². The van der Waals surface area contributed by atoms with Gasteiger partial charge in [0.25, 0.3) is 0 Å². The number of aromatic nitrogens is 2. The summed E-state index contributed by atoms with van der Waals surface area (Å²) in [5.41, 5.74) is 4.63. The quantitative estimate of drug-likeness (QED) is 0.304. The number of likely N-dealkylation sites (N-methyl/N-ethyl adjacent to an activating group) is 2. The highest BCUT2D eigenvalue weighted by Gasteiger charge is 2.25. The molecule has 0 aliphatic carbocycles. The van der Waals surface area contributed by atoms with Crippen LogP contribution in [0.4, 0.5) is 11.5 Å². The number of pyridine rings is 2. The second kappa shape index (κ2) is 12.8. The van der Waals surface area contributed by atoms with Crippen molar-refractivity contribution in [1.29, 1.82) is 0 Å². The van der Waals surface area contributed by atoms with Crippen LogP contribution in [0.25, 0.3) is 11.1 Å². The number of rotatable bonds is 11. The van der Waals surface area contributed by atoms with E-state index < -0.39 is 6.04 Å². The van der Waals surface area contributed by atoms with Crippen molar-refractivity contribution in [3.8, 4) is 16.9 Å². The van der Waals surface area contributed by atoms with Crippen molar-refractivity contribution in [3.05, 3.63) is 103 Å². The van der Waals surface area contributed by atoms with Gasteiger partial charge in [0, 0.05) is 49.9 Å². The van der Waals surface area contributed by atoms with E-state index in [-0.39, 0.29) is 5.91 Å². The summed E-state index contributed by atoms with van der Waals surface area (Å²) in [4.78, 5) is 26.6. The van der Waals surface area contributed by atoms with E-state index in [0.29, 0.717) is 24.5 Å². The number of hydrogen-bond acceptors (Lipinski definition) is 6. The van der Waals surface area contributed by atoms with E-state index >= 15 is 0 Å². The number of benzene rings is 2. The van der Waals surface area contributed by atoms with Crippen LogP contribution < -0.4 is 15.0 Å². The average molecular weight is 510 g/mol. The van der Waals surface area contributed by atoms with Crippen molar-refractivity contribution in [3.63, 3.8) is 0 Å². The molecule has 1 amide bonds. The van der Waals surface area contributed by atoms with Crippen molar-refractivity contribution in [1.82, 2.24) is 14.9 Å². The largest absolute Gasteiger partial charge is 0.492 e. The first kappa shape index (κ1) is 26.8. The molecule has 0 aliphatic heterocycles. The Kier molecular flexibility index (Phi) is 9.06. The molecule has 38 heavy (non-hydrogen) atoms. The van der Waals surface area contributed by atoms with Gasteiger partial charge in [-0.2, -0.15) is 0 Å². The monoisotopic (exact) mass is 509 g/mol. The van der Waals surface area contributed by atoms with Gasteiger partial charge in [-0.15, -0.1) is 0 Å². The Labute approximate surface area is 225 Å². The van der Waals surface area contributed by atoms with Crippen LogP contribution in [0.5, 0.6) is 5.75 Å². The highest BCUT2D eigenvalue weighted by molar-refractivity contribution is 5.97. The predicted octanol–water partition coefficient (Wildman–Crippen LogP) is 5.08. The van der Waals surface area contributed by atoms with Crippen LogP contribution in [0, 0.1) is 6.92 Å². The highest BCUT2D eigenvalue weighted by Crippen LogP contribution is 2.29. The fourth-order valence-corrected chi connectivity index (χ4v) is 4.18. The zero-order chi connectivity index (χ0) is 26.9. The average Bonchev–Trinajstić information content (AvgIpc) is 2.92. The zero-order valence-corrected chi connectivity index (χ0v) is 22.5. The number of ether oxygens (including phenoxy) is 1. The topological polar surface area (TPSA) is 70.6 Å². The lowest BCUT2D eigenvalue weighted by Gasteiger charge is -2.28. The first-order valence-electron chi connectivity index (χ1n) is 12.7. The van der Waals surface area contributed by atoms with Gasteiger partial charge in [0.1, 0.15) is 24.2 Å². The smallest absolute Gasteiger partial charge is 0.247 e. The fourth-order valence-electron chi connectivity index (χ4n) is 4.18. The molecule has 4 rings (SSSR count). The maximum absolute atomic E-state index is 13.8. The summed E-state index contributed by atoms with van der Waals surface area (Å²) in [6.07, 6.45) is 4.07. The van der Waals surface area contributed by atoms with Crippen molar-refractivity contribution in [2.75, 3.05) is 44.5 Å². The van der Waals surface area contributed by atoms with E-state index in [1.165, 1.54) is 0 Å². The van der Waals surface area contributed by atoms with Gasteiger partial charge in [0.2, 0.25) is 5.91 Å². The van der Waals surface area contributed by atoms with Gasteiger partial charge in [-0.05, 0) is 74.1 Å². The van der Waals surface area contributed by atoms with Gasteiger partial charge >= 0.3 is 0 Å². The Balaban J connectivity index is 1.64. The van der Waals surface area contributed by atoms with Crippen LogP contribution in [0.3, 0.4) is 0 Å². The molecule has 0 fully saturated rings. The van der Waals surface area contributed by atoms with Crippen molar-refractivity contribution in [2.45, 2.75) is 19.4 Å². The van der Waals surface area contributed by atoms with E-state index in [2.05, 4.69) is 20.2 Å². The molecule has 2 aromatic heterocycles. The molecule has 0 spiro atoms. The molecule has 0 radical (unpaired) electrons. The van der Waals surface area contributed by atoms with E-state index in [4.69, 9.17) is 4.74 Å². The normalized spacial score (nSPS) is 11.7. The van der Waals surface area contributed by atoms with Crippen LogP contribution in [-0.4, -0.2) is 61.1 Å². The second-order valence-electron chi connectivity index (χ2n) is 9.58. The van der Waals surface area contributed by atoms with Gasteiger partial charge in [0.05, 0.1) is 0 Å². The minimum Gasteiger partial charge on any atom is -0.492 e. The van der Waals surface area contributed by atoms with Crippen LogP contribution in [0.1, 0.15) is 11.3 Å². The fraction of sp³-hybridized carbons (Fsp3) is 0.258. The molecule has 4 aromatic rings. The summed E-state index contributed by atoms with van der Waals surface area (Å²) in [7, 11) is 5.92. The van der Waals surface area contributed by atoms with Gasteiger partial charge in [0.15, 0.2) is 0 Å². The lowest BCUT2D eigenvalue weighted by molar-refractivity contribution is -0.117. The molecule has 1 atom stereocenters. The molecule has 0 bridgehead atoms. The Morgan fingerprint density at radius 3 is 2.39 bits per heavy atom. The number of nitrogens with one attached hydrogen (secondary N) is 1. The minimum absolute atomic E-state index is 0.121. The number of anilines is 2. The lowest BCUT2D eigenvalue weighted by Crippen LogP contribution is -2.44. The molecule has 2 heterocycles. The first-order valence-corrected chi connectivity index (χ1v) is 12.7. The molecule has 196 valence electrons. The number of amides is 1. The van der Waals surface area contributed by atoms with Gasteiger partial charge < -0.3 is 19.9 Å². The molecular weight excluding hydrogens is 474 g/mol. The maximum atomic E-state index is 13.8. The van der Waals surface area contributed by atoms with Crippen LogP contribution in [0.15, 0.2) is 91.3 Å². The third-order valence-corrected chi connectivity index (χ3v) is 6.26. The number of carbonyl (C=O) groups excluding carboxylic acids is 1. The summed E-state index contributed by atoms with van der Waals surface area (Å²) in [5.74, 6) is 1.31. The summed E-state index contributed by atoms with van der Waals surface area (Å²) in [5, 5.41) is 3.16. The third kappa shape index (κ3) is 7.40. The SMILES string of the molecule is Cc1cc(-c2cc(NC(=O)[C@H](Cc3ccccc3)N(C)c3ccccn3)cc(OCCN(C)C)c2)ccn1. The first-order chi connectivity index (χ1) is 18.4. The number of nitrogens with zero attached hydrogens (tertiary/aromatic N) is 4. The summed E-state index contributed by atoms with van der Waals surface area (Å²) in [6, 6.07) is 25.1. The van der Waals surface area contributed by atoms with Crippen molar-refractivity contribution >= 4 is 17.4 Å². The van der Waals surface area contributed by atoms with Crippen molar-refractivity contribution in [2.24, 2.45) is 0 Å². The van der Waals surface area contributed by atoms with E-state index in [9.17, 15) is 4.79 Å². The third-order valence-electron chi connectivity index (χ3n) is 6.26. The molecule has 7 nitrogen and oxygen atoms in total. The molecule has 0 saturated carbocycles. The van der Waals surface area contributed by atoms with E-state index in [0.717, 1.165) is 34.7 Å². The van der Waals surface area contributed by atoms with Crippen molar-refractivity contribution < 1.29 is 9.53 Å². The molecule has 2 aromatic carbocycles. The van der Waals surface area contributed by atoms with Crippen LogP contribution >= 0.6 is 0 Å². The highest BCUT2D eigenvalue weighted by atomic mass is 16.5. The molecule has 7 heteroatoms. The Hall–Kier alpha value is -4.23. The van der Waals surface area contributed by atoms with E-state index in [1.54, 1.807) is 12.4 Å².